The van der Waals surface area contributed by atoms with Crippen LogP contribution < -0.4 is 10.5 Å². The number of aromatic nitrogens is 2. The van der Waals surface area contributed by atoms with Crippen molar-refractivity contribution in [2.75, 3.05) is 7.11 Å². The second-order valence-corrected chi connectivity index (χ2v) is 4.25. The highest BCUT2D eigenvalue weighted by molar-refractivity contribution is 9.10. The lowest BCUT2D eigenvalue weighted by Crippen LogP contribution is -2.14. The molecule has 0 amide bonds. The Balaban J connectivity index is 2.42. The molecule has 1 aromatic heterocycles. The molecule has 0 aliphatic carbocycles. The molecule has 2 rings (SSSR count). The molecule has 0 radical (unpaired) electrons. The van der Waals surface area contributed by atoms with Crippen molar-refractivity contribution in [2.24, 2.45) is 5.73 Å². The molecule has 1 atom stereocenters. The van der Waals surface area contributed by atoms with Crippen LogP contribution in [0.2, 0.25) is 0 Å². The van der Waals surface area contributed by atoms with E-state index in [0.29, 0.717) is 0 Å². The van der Waals surface area contributed by atoms with Crippen LogP contribution in [0.15, 0.2) is 35.1 Å². The van der Waals surface area contributed by atoms with Crippen molar-refractivity contribution in [3.63, 3.8) is 0 Å². The highest BCUT2D eigenvalue weighted by Gasteiger charge is 2.16. The quantitative estimate of drug-likeness (QED) is 0.907. The predicted octanol–water partition coefficient (Wildman–Crippen LogP) is 2.23. The molecule has 0 saturated carbocycles. The van der Waals surface area contributed by atoms with Crippen molar-refractivity contribution in [1.82, 2.24) is 9.97 Å². The summed E-state index contributed by atoms with van der Waals surface area (Å²) in [6.07, 6.45) is 3.43. The lowest BCUT2D eigenvalue weighted by Gasteiger charge is -2.14. The minimum atomic E-state index is -0.317. The van der Waals surface area contributed by atoms with Gasteiger partial charge in [-0.15, -0.1) is 0 Å². The summed E-state index contributed by atoms with van der Waals surface area (Å²) in [4.78, 5) is 7.15. The van der Waals surface area contributed by atoms with Crippen LogP contribution in [0.3, 0.4) is 0 Å². The Hall–Kier alpha value is -1.33. The fourth-order valence-electron chi connectivity index (χ4n) is 1.54. The first-order valence-electron chi connectivity index (χ1n) is 4.80. The number of halogens is 1. The van der Waals surface area contributed by atoms with E-state index in [2.05, 4.69) is 25.9 Å². The van der Waals surface area contributed by atoms with Crippen LogP contribution in [0.5, 0.6) is 5.75 Å². The monoisotopic (exact) mass is 281 g/mol. The number of rotatable bonds is 3. The van der Waals surface area contributed by atoms with Crippen LogP contribution in [0, 0.1) is 0 Å². The molecule has 0 fully saturated rings. The molecule has 84 valence electrons. The van der Waals surface area contributed by atoms with E-state index in [1.54, 1.807) is 19.5 Å². The summed E-state index contributed by atoms with van der Waals surface area (Å²) in [7, 11) is 1.63. The van der Waals surface area contributed by atoms with Crippen LogP contribution in [0.25, 0.3) is 0 Å². The Labute approximate surface area is 102 Å². The second-order valence-electron chi connectivity index (χ2n) is 3.34. The highest BCUT2D eigenvalue weighted by Crippen LogP contribution is 2.29. The Morgan fingerprint density at radius 2 is 2.31 bits per heavy atom. The topological polar surface area (TPSA) is 63.9 Å². The Bertz CT molecular complexity index is 470. The molecule has 0 spiro atoms. The van der Waals surface area contributed by atoms with Crippen molar-refractivity contribution in [3.8, 4) is 5.75 Å². The van der Waals surface area contributed by atoms with Gasteiger partial charge in [-0.2, -0.15) is 0 Å². The number of hydrogen-bond donors (Lipinski definition) is 2. The van der Waals surface area contributed by atoms with Gasteiger partial charge in [-0.1, -0.05) is 15.9 Å². The molecule has 16 heavy (non-hydrogen) atoms. The average molecular weight is 282 g/mol. The minimum Gasteiger partial charge on any atom is -0.496 e. The predicted molar refractivity (Wildman–Crippen MR) is 65.3 cm³/mol. The summed E-state index contributed by atoms with van der Waals surface area (Å²) >= 11 is 3.42. The van der Waals surface area contributed by atoms with Crippen molar-refractivity contribution in [3.05, 3.63) is 46.5 Å². The maximum Gasteiger partial charge on any atom is 0.127 e. The second kappa shape index (κ2) is 4.67. The molecule has 2 aromatic rings. The number of H-pyrrole nitrogens is 1. The molecule has 0 aliphatic rings. The lowest BCUT2D eigenvalue weighted by atomic mass is 10.1. The van der Waals surface area contributed by atoms with Crippen LogP contribution in [0.1, 0.15) is 17.4 Å². The van der Waals surface area contributed by atoms with Gasteiger partial charge in [-0.25, -0.2) is 4.98 Å². The number of methoxy groups -OCH3 is 1. The fourth-order valence-corrected chi connectivity index (χ4v) is 1.92. The zero-order chi connectivity index (χ0) is 11.5. The Kier molecular flexibility index (Phi) is 3.26. The first-order valence-corrected chi connectivity index (χ1v) is 5.60. The zero-order valence-electron chi connectivity index (χ0n) is 8.77. The summed E-state index contributed by atoms with van der Waals surface area (Å²) in [5, 5.41) is 0. The van der Waals surface area contributed by atoms with E-state index in [-0.39, 0.29) is 6.04 Å². The van der Waals surface area contributed by atoms with Crippen molar-refractivity contribution < 1.29 is 4.74 Å². The smallest absolute Gasteiger partial charge is 0.127 e. The minimum absolute atomic E-state index is 0.317. The number of nitrogens with one attached hydrogen (secondary N) is 1. The van der Waals surface area contributed by atoms with Gasteiger partial charge in [0, 0.05) is 22.4 Å². The standard InChI is InChI=1S/C11H12BrN3O/c1-16-9-3-2-7(12)6-8(9)10(13)11-14-4-5-15-11/h2-6,10H,13H2,1H3,(H,14,15). The van der Waals surface area contributed by atoms with E-state index >= 15 is 0 Å². The molecular formula is C11H12BrN3O. The van der Waals surface area contributed by atoms with Gasteiger partial charge in [0.15, 0.2) is 0 Å². The molecule has 5 heteroatoms. The highest BCUT2D eigenvalue weighted by atomic mass is 79.9. The molecular weight excluding hydrogens is 270 g/mol. The summed E-state index contributed by atoms with van der Waals surface area (Å²) in [6, 6.07) is 5.41. The molecule has 3 N–H and O–H groups in total. The summed E-state index contributed by atoms with van der Waals surface area (Å²) in [5.74, 6) is 1.48. The zero-order valence-corrected chi connectivity index (χ0v) is 10.4. The Morgan fingerprint density at radius 3 is 2.94 bits per heavy atom. The van der Waals surface area contributed by atoms with Gasteiger partial charge in [0.25, 0.3) is 0 Å². The number of ether oxygens (including phenoxy) is 1. The van der Waals surface area contributed by atoms with Gasteiger partial charge < -0.3 is 15.5 Å². The van der Waals surface area contributed by atoms with E-state index in [1.807, 2.05) is 18.2 Å². The van der Waals surface area contributed by atoms with Gasteiger partial charge >= 0.3 is 0 Å². The lowest BCUT2D eigenvalue weighted by molar-refractivity contribution is 0.407. The van der Waals surface area contributed by atoms with Crippen LogP contribution in [-0.2, 0) is 0 Å². The Morgan fingerprint density at radius 1 is 1.50 bits per heavy atom. The van der Waals surface area contributed by atoms with Crippen molar-refractivity contribution >= 4 is 15.9 Å². The first kappa shape index (κ1) is 11.2. The third-order valence-corrected chi connectivity index (χ3v) is 2.83. The molecule has 0 aliphatic heterocycles. The number of benzene rings is 1. The van der Waals surface area contributed by atoms with Gasteiger partial charge in [0.1, 0.15) is 11.6 Å². The number of imidazole rings is 1. The maximum atomic E-state index is 6.11. The number of aromatic amines is 1. The van der Waals surface area contributed by atoms with Gasteiger partial charge in [0.2, 0.25) is 0 Å². The third kappa shape index (κ3) is 2.10. The van der Waals surface area contributed by atoms with Gasteiger partial charge in [0.05, 0.1) is 13.2 Å². The van der Waals surface area contributed by atoms with Crippen LogP contribution in [0.4, 0.5) is 0 Å². The molecule has 1 aromatic carbocycles. The molecule has 4 nitrogen and oxygen atoms in total. The van der Waals surface area contributed by atoms with Crippen LogP contribution in [-0.4, -0.2) is 17.1 Å². The fraction of sp³-hybridized carbons (Fsp3) is 0.182. The van der Waals surface area contributed by atoms with Gasteiger partial charge in [-0.3, -0.25) is 0 Å². The summed E-state index contributed by atoms with van der Waals surface area (Å²) in [6.45, 7) is 0. The first-order chi connectivity index (χ1) is 7.72. The SMILES string of the molecule is COc1ccc(Br)cc1C(N)c1ncc[nH]1. The third-order valence-electron chi connectivity index (χ3n) is 2.34. The molecule has 1 heterocycles. The number of nitrogens with zero attached hydrogens (tertiary/aromatic N) is 1. The average Bonchev–Trinajstić information content (AvgIpc) is 2.81. The van der Waals surface area contributed by atoms with E-state index in [9.17, 15) is 0 Å². The van der Waals surface area contributed by atoms with Crippen molar-refractivity contribution in [2.45, 2.75) is 6.04 Å². The molecule has 1 unspecified atom stereocenters. The summed E-state index contributed by atoms with van der Waals surface area (Å²) in [5.41, 5.74) is 7.01. The van der Waals surface area contributed by atoms with Crippen molar-refractivity contribution in [1.29, 1.82) is 0 Å². The molecule has 0 bridgehead atoms. The largest absolute Gasteiger partial charge is 0.496 e. The number of hydrogen-bond acceptors (Lipinski definition) is 3. The van der Waals surface area contributed by atoms with E-state index in [0.717, 1.165) is 21.6 Å². The normalized spacial score (nSPS) is 12.4. The summed E-state index contributed by atoms with van der Waals surface area (Å²) < 4.78 is 6.24. The van der Waals surface area contributed by atoms with E-state index in [1.165, 1.54) is 0 Å². The van der Waals surface area contributed by atoms with E-state index in [4.69, 9.17) is 10.5 Å². The maximum absolute atomic E-state index is 6.11. The number of nitrogens with two attached hydrogens (primary N) is 1. The van der Waals surface area contributed by atoms with E-state index < -0.39 is 0 Å². The molecule has 0 saturated heterocycles. The van der Waals surface area contributed by atoms with Gasteiger partial charge in [-0.05, 0) is 18.2 Å². The van der Waals surface area contributed by atoms with Crippen LogP contribution >= 0.6 is 15.9 Å².